The van der Waals surface area contributed by atoms with E-state index in [1.54, 1.807) is 12.1 Å². The Morgan fingerprint density at radius 2 is 2.05 bits per heavy atom. The molecule has 0 saturated carbocycles. The Morgan fingerprint density at radius 3 is 2.60 bits per heavy atom. The first-order valence-corrected chi connectivity index (χ1v) is 8.78. The first-order chi connectivity index (χ1) is 9.38. The third-order valence-electron chi connectivity index (χ3n) is 3.45. The van der Waals surface area contributed by atoms with E-state index in [9.17, 15) is 12.8 Å². The molecule has 1 fully saturated rings. The molecule has 20 heavy (non-hydrogen) atoms. The SMILES string of the molecule is CS(=O)(=O)NCC(c1c(F)cccc1Cl)N1CCCC1. The monoisotopic (exact) mass is 320 g/mol. The maximum Gasteiger partial charge on any atom is 0.208 e. The van der Waals surface area contributed by atoms with Crippen LogP contribution in [0.15, 0.2) is 18.2 Å². The molecule has 1 saturated heterocycles. The quantitative estimate of drug-likeness (QED) is 0.904. The Hall–Kier alpha value is -0.690. The van der Waals surface area contributed by atoms with Crippen molar-refractivity contribution in [3.63, 3.8) is 0 Å². The van der Waals surface area contributed by atoms with Crippen LogP contribution in [0.1, 0.15) is 24.4 Å². The second-order valence-electron chi connectivity index (χ2n) is 5.01. The van der Waals surface area contributed by atoms with E-state index in [0.717, 1.165) is 32.2 Å². The predicted octanol–water partition coefficient (Wildman–Crippen LogP) is 2.17. The van der Waals surface area contributed by atoms with Gasteiger partial charge in [0.15, 0.2) is 0 Å². The first-order valence-electron chi connectivity index (χ1n) is 6.51. The highest BCUT2D eigenvalue weighted by atomic mass is 35.5. The lowest BCUT2D eigenvalue weighted by Gasteiger charge is -2.28. The molecule has 1 aromatic carbocycles. The molecule has 1 N–H and O–H groups in total. The topological polar surface area (TPSA) is 49.4 Å². The lowest BCUT2D eigenvalue weighted by atomic mass is 10.0. The lowest BCUT2D eigenvalue weighted by Crippen LogP contribution is -2.37. The van der Waals surface area contributed by atoms with Crippen molar-refractivity contribution in [2.24, 2.45) is 0 Å². The van der Waals surface area contributed by atoms with Gasteiger partial charge in [0, 0.05) is 17.1 Å². The summed E-state index contributed by atoms with van der Waals surface area (Å²) in [7, 11) is -3.32. The van der Waals surface area contributed by atoms with Crippen molar-refractivity contribution >= 4 is 21.6 Å². The zero-order chi connectivity index (χ0) is 14.8. The van der Waals surface area contributed by atoms with Gasteiger partial charge in [-0.15, -0.1) is 0 Å². The van der Waals surface area contributed by atoms with Crippen molar-refractivity contribution in [1.29, 1.82) is 0 Å². The number of benzene rings is 1. The fourth-order valence-electron chi connectivity index (χ4n) is 2.53. The molecule has 1 unspecified atom stereocenters. The molecule has 1 aliphatic heterocycles. The zero-order valence-corrected chi connectivity index (χ0v) is 12.8. The predicted molar refractivity (Wildman–Crippen MR) is 77.8 cm³/mol. The van der Waals surface area contributed by atoms with Crippen molar-refractivity contribution in [3.05, 3.63) is 34.6 Å². The molecule has 4 nitrogen and oxygen atoms in total. The second-order valence-corrected chi connectivity index (χ2v) is 7.26. The van der Waals surface area contributed by atoms with Gasteiger partial charge in [0.2, 0.25) is 10.0 Å². The van der Waals surface area contributed by atoms with Gasteiger partial charge in [0.1, 0.15) is 5.82 Å². The van der Waals surface area contributed by atoms with Crippen LogP contribution in [0.3, 0.4) is 0 Å². The summed E-state index contributed by atoms with van der Waals surface area (Å²) >= 11 is 6.11. The highest BCUT2D eigenvalue weighted by Crippen LogP contribution is 2.31. The summed E-state index contributed by atoms with van der Waals surface area (Å²) in [6, 6.07) is 4.15. The second kappa shape index (κ2) is 6.39. The van der Waals surface area contributed by atoms with E-state index in [2.05, 4.69) is 9.62 Å². The molecule has 1 aromatic rings. The van der Waals surface area contributed by atoms with Crippen LogP contribution in [0.25, 0.3) is 0 Å². The molecule has 2 rings (SSSR count). The van der Waals surface area contributed by atoms with Crippen molar-refractivity contribution in [3.8, 4) is 0 Å². The number of hydrogen-bond donors (Lipinski definition) is 1. The highest BCUT2D eigenvalue weighted by Gasteiger charge is 2.28. The molecule has 112 valence electrons. The van der Waals surface area contributed by atoms with E-state index in [-0.39, 0.29) is 12.6 Å². The summed E-state index contributed by atoms with van der Waals surface area (Å²) < 4.78 is 39.1. The third kappa shape index (κ3) is 3.91. The summed E-state index contributed by atoms with van der Waals surface area (Å²) in [4.78, 5) is 2.07. The maximum absolute atomic E-state index is 14.1. The molecule has 1 heterocycles. The van der Waals surface area contributed by atoms with Gasteiger partial charge in [0.05, 0.1) is 12.3 Å². The number of halogens is 2. The minimum atomic E-state index is -3.32. The van der Waals surface area contributed by atoms with Gasteiger partial charge in [-0.2, -0.15) is 0 Å². The van der Waals surface area contributed by atoms with Crippen LogP contribution in [0.5, 0.6) is 0 Å². The highest BCUT2D eigenvalue weighted by molar-refractivity contribution is 7.88. The van der Waals surface area contributed by atoms with Gasteiger partial charge >= 0.3 is 0 Å². The van der Waals surface area contributed by atoms with Crippen LogP contribution < -0.4 is 4.72 Å². The molecule has 0 radical (unpaired) electrons. The van der Waals surface area contributed by atoms with Crippen LogP contribution in [-0.2, 0) is 10.0 Å². The van der Waals surface area contributed by atoms with E-state index in [4.69, 9.17) is 11.6 Å². The molecule has 7 heteroatoms. The zero-order valence-electron chi connectivity index (χ0n) is 11.3. The summed E-state index contributed by atoms with van der Waals surface area (Å²) in [5.41, 5.74) is 0.368. The van der Waals surface area contributed by atoms with Gasteiger partial charge in [-0.05, 0) is 38.1 Å². The van der Waals surface area contributed by atoms with Gasteiger partial charge in [0.25, 0.3) is 0 Å². The van der Waals surface area contributed by atoms with E-state index < -0.39 is 15.8 Å². The Balaban J connectivity index is 2.30. The van der Waals surface area contributed by atoms with Crippen LogP contribution in [0.4, 0.5) is 4.39 Å². The lowest BCUT2D eigenvalue weighted by molar-refractivity contribution is 0.241. The van der Waals surface area contributed by atoms with Gasteiger partial charge in [-0.3, -0.25) is 4.90 Å². The third-order valence-corrected chi connectivity index (χ3v) is 4.47. The van der Waals surface area contributed by atoms with Crippen LogP contribution in [0, 0.1) is 5.82 Å². The van der Waals surface area contributed by atoms with Gasteiger partial charge in [-0.25, -0.2) is 17.5 Å². The molecular formula is C13H18ClFN2O2S. The molecule has 0 aromatic heterocycles. The standard InChI is InChI=1S/C13H18ClFN2O2S/c1-20(18,19)16-9-12(17-7-2-3-8-17)13-10(14)5-4-6-11(13)15/h4-6,12,16H,2-3,7-9H2,1H3. The smallest absolute Gasteiger partial charge is 0.208 e. The van der Waals surface area contributed by atoms with E-state index in [0.29, 0.717) is 10.6 Å². The molecule has 0 aliphatic carbocycles. The number of sulfonamides is 1. The number of nitrogens with zero attached hydrogens (tertiary/aromatic N) is 1. The molecule has 0 bridgehead atoms. The fourth-order valence-corrected chi connectivity index (χ4v) is 3.28. The Bertz CT molecular complexity index is 553. The van der Waals surface area contributed by atoms with Crippen molar-refractivity contribution in [1.82, 2.24) is 9.62 Å². The van der Waals surface area contributed by atoms with Crippen LogP contribution in [0.2, 0.25) is 5.02 Å². The van der Waals surface area contributed by atoms with Crippen molar-refractivity contribution in [2.45, 2.75) is 18.9 Å². The normalized spacial score (nSPS) is 18.4. The van der Waals surface area contributed by atoms with Gasteiger partial charge < -0.3 is 0 Å². The van der Waals surface area contributed by atoms with Gasteiger partial charge in [-0.1, -0.05) is 17.7 Å². The molecule has 0 amide bonds. The average molecular weight is 321 g/mol. The minimum Gasteiger partial charge on any atom is -0.295 e. The Morgan fingerprint density at radius 1 is 1.40 bits per heavy atom. The summed E-state index contributed by atoms with van der Waals surface area (Å²) in [6.45, 7) is 1.76. The Kier molecular flexibility index (Phi) is 5.01. The Labute approximate surface area is 124 Å². The van der Waals surface area contributed by atoms with E-state index in [1.807, 2.05) is 0 Å². The van der Waals surface area contributed by atoms with Crippen LogP contribution >= 0.6 is 11.6 Å². The average Bonchev–Trinajstić information content (AvgIpc) is 2.85. The molecular weight excluding hydrogens is 303 g/mol. The number of nitrogens with one attached hydrogen (secondary N) is 1. The number of likely N-dealkylation sites (tertiary alicyclic amines) is 1. The van der Waals surface area contributed by atoms with Crippen molar-refractivity contribution in [2.75, 3.05) is 25.9 Å². The molecule has 0 spiro atoms. The summed E-state index contributed by atoms with van der Waals surface area (Å²) in [6.07, 6.45) is 3.15. The number of rotatable bonds is 5. The van der Waals surface area contributed by atoms with E-state index in [1.165, 1.54) is 6.07 Å². The van der Waals surface area contributed by atoms with Crippen molar-refractivity contribution < 1.29 is 12.8 Å². The first kappa shape index (κ1) is 15.7. The number of hydrogen-bond acceptors (Lipinski definition) is 3. The fraction of sp³-hybridized carbons (Fsp3) is 0.538. The van der Waals surface area contributed by atoms with Crippen LogP contribution in [-0.4, -0.2) is 39.2 Å². The maximum atomic E-state index is 14.1. The molecule has 1 aliphatic rings. The largest absolute Gasteiger partial charge is 0.295 e. The minimum absolute atomic E-state index is 0.124. The summed E-state index contributed by atoms with van der Waals surface area (Å²) in [5.74, 6) is -0.398. The molecule has 1 atom stereocenters. The summed E-state index contributed by atoms with van der Waals surface area (Å²) in [5, 5.41) is 0.331. The van der Waals surface area contributed by atoms with E-state index >= 15 is 0 Å².